The second kappa shape index (κ2) is 7.40. The van der Waals surface area contributed by atoms with Gasteiger partial charge in [0.25, 0.3) is 0 Å². The van der Waals surface area contributed by atoms with Gasteiger partial charge in [-0.15, -0.1) is 0 Å². The Morgan fingerprint density at radius 1 is 1.19 bits per heavy atom. The number of aryl methyl sites for hydroxylation is 1. The predicted molar refractivity (Wildman–Crippen MR) is 101 cm³/mol. The van der Waals surface area contributed by atoms with E-state index in [9.17, 15) is 9.90 Å². The summed E-state index contributed by atoms with van der Waals surface area (Å²) in [5.74, 6) is -0.303. The summed E-state index contributed by atoms with van der Waals surface area (Å²) in [6.07, 6.45) is -1.05. The Kier molecular flexibility index (Phi) is 5.20. The van der Waals surface area contributed by atoms with Gasteiger partial charge in [-0.1, -0.05) is 23.7 Å². The van der Waals surface area contributed by atoms with Gasteiger partial charge in [-0.3, -0.25) is 0 Å². The number of hydrogen-bond donors (Lipinski definition) is 1. The van der Waals surface area contributed by atoms with Gasteiger partial charge in [0.1, 0.15) is 5.75 Å². The quantitative estimate of drug-likeness (QED) is 0.694. The summed E-state index contributed by atoms with van der Waals surface area (Å²) in [5, 5.41) is 11.2. The standard InChI is InChI=1S/C20H20ClNO4/c1-12-16-10-15(25-2)8-9-17(16)22(18(12)19(26-3)20(23)24)11-13-4-6-14(21)7-5-13/h4-10,19H,11H2,1-3H3,(H,23,24). The fraction of sp³-hybridized carbons (Fsp3) is 0.250. The van der Waals surface area contributed by atoms with Gasteiger partial charge in [0, 0.05) is 29.6 Å². The van der Waals surface area contributed by atoms with Crippen molar-refractivity contribution in [3.8, 4) is 5.75 Å². The molecule has 136 valence electrons. The highest BCUT2D eigenvalue weighted by Gasteiger charge is 2.28. The van der Waals surface area contributed by atoms with Crippen molar-refractivity contribution in [2.75, 3.05) is 14.2 Å². The molecule has 0 fully saturated rings. The van der Waals surface area contributed by atoms with Gasteiger partial charge in [-0.2, -0.15) is 0 Å². The van der Waals surface area contributed by atoms with Crippen LogP contribution >= 0.6 is 11.6 Å². The summed E-state index contributed by atoms with van der Waals surface area (Å²) in [5.41, 5.74) is 3.43. The first-order valence-electron chi connectivity index (χ1n) is 8.13. The number of carboxylic acids is 1. The number of carbonyl (C=O) groups is 1. The largest absolute Gasteiger partial charge is 0.497 e. The van der Waals surface area contributed by atoms with E-state index in [2.05, 4.69) is 0 Å². The molecule has 3 aromatic rings. The normalized spacial score (nSPS) is 12.3. The summed E-state index contributed by atoms with van der Waals surface area (Å²) < 4.78 is 12.6. The first-order chi connectivity index (χ1) is 12.5. The number of fused-ring (bicyclic) bond motifs is 1. The molecule has 2 aromatic carbocycles. The Hall–Kier alpha value is -2.50. The van der Waals surface area contributed by atoms with E-state index in [0.717, 1.165) is 27.8 Å². The fourth-order valence-corrected chi connectivity index (χ4v) is 3.38. The lowest BCUT2D eigenvalue weighted by molar-refractivity contribution is -0.149. The van der Waals surface area contributed by atoms with Gasteiger partial charge >= 0.3 is 5.97 Å². The van der Waals surface area contributed by atoms with E-state index >= 15 is 0 Å². The number of nitrogens with zero attached hydrogens (tertiary/aromatic N) is 1. The molecule has 3 rings (SSSR count). The number of methoxy groups -OCH3 is 2. The van der Waals surface area contributed by atoms with Crippen molar-refractivity contribution < 1.29 is 19.4 Å². The number of aromatic nitrogens is 1. The third-order valence-corrected chi connectivity index (χ3v) is 4.79. The Morgan fingerprint density at radius 2 is 1.88 bits per heavy atom. The number of ether oxygens (including phenoxy) is 2. The Morgan fingerprint density at radius 3 is 2.46 bits per heavy atom. The minimum atomic E-state index is -1.05. The van der Waals surface area contributed by atoms with Gasteiger partial charge in [-0.05, 0) is 48.4 Å². The zero-order chi connectivity index (χ0) is 18.8. The predicted octanol–water partition coefficient (Wildman–Crippen LogP) is 4.43. The van der Waals surface area contributed by atoms with Crippen LogP contribution in [0.3, 0.4) is 0 Å². The maximum Gasteiger partial charge on any atom is 0.339 e. The van der Waals surface area contributed by atoms with E-state index in [-0.39, 0.29) is 0 Å². The SMILES string of the molecule is COc1ccc2c(c1)c(C)c(C(OC)C(=O)O)n2Cc1ccc(Cl)cc1. The van der Waals surface area contributed by atoms with Crippen LogP contribution in [0, 0.1) is 6.92 Å². The van der Waals surface area contributed by atoms with Crippen molar-refractivity contribution in [1.82, 2.24) is 4.57 Å². The smallest absolute Gasteiger partial charge is 0.339 e. The highest BCUT2D eigenvalue weighted by molar-refractivity contribution is 6.30. The molecule has 1 heterocycles. The lowest BCUT2D eigenvalue weighted by Gasteiger charge is -2.17. The molecule has 0 aliphatic heterocycles. The lowest BCUT2D eigenvalue weighted by Crippen LogP contribution is -2.19. The molecule has 0 saturated carbocycles. The number of benzene rings is 2. The molecule has 26 heavy (non-hydrogen) atoms. The molecular formula is C20H20ClNO4. The Bertz CT molecular complexity index is 947. The van der Waals surface area contributed by atoms with E-state index in [1.54, 1.807) is 7.11 Å². The van der Waals surface area contributed by atoms with E-state index < -0.39 is 12.1 Å². The van der Waals surface area contributed by atoms with Crippen molar-refractivity contribution in [1.29, 1.82) is 0 Å². The number of halogens is 1. The zero-order valence-electron chi connectivity index (χ0n) is 14.8. The van der Waals surface area contributed by atoms with Gasteiger partial charge in [0.2, 0.25) is 0 Å². The molecule has 0 radical (unpaired) electrons. The molecular weight excluding hydrogens is 354 g/mol. The van der Waals surface area contributed by atoms with Crippen molar-refractivity contribution in [2.24, 2.45) is 0 Å². The Labute approximate surface area is 156 Å². The average Bonchev–Trinajstić information content (AvgIpc) is 2.89. The van der Waals surface area contributed by atoms with Crippen LogP contribution in [-0.4, -0.2) is 29.9 Å². The van der Waals surface area contributed by atoms with Gasteiger partial charge in [0.15, 0.2) is 6.10 Å². The summed E-state index contributed by atoms with van der Waals surface area (Å²) in [6.45, 7) is 2.42. The molecule has 0 aliphatic rings. The third-order valence-electron chi connectivity index (χ3n) is 4.54. The van der Waals surface area contributed by atoms with Crippen LogP contribution in [0.1, 0.15) is 22.9 Å². The van der Waals surface area contributed by atoms with E-state index in [0.29, 0.717) is 17.3 Å². The van der Waals surface area contributed by atoms with Crippen LogP contribution in [-0.2, 0) is 16.1 Å². The summed E-state index contributed by atoms with van der Waals surface area (Å²) in [6, 6.07) is 13.2. The molecule has 1 atom stereocenters. The lowest BCUT2D eigenvalue weighted by atomic mass is 10.1. The molecule has 0 bridgehead atoms. The summed E-state index contributed by atoms with van der Waals surface area (Å²) in [4.78, 5) is 11.8. The first kappa shape index (κ1) is 18.3. The molecule has 0 saturated heterocycles. The highest BCUT2D eigenvalue weighted by atomic mass is 35.5. The number of carboxylic acid groups (broad SMARTS) is 1. The number of rotatable bonds is 6. The van der Waals surface area contributed by atoms with E-state index in [4.69, 9.17) is 21.1 Å². The van der Waals surface area contributed by atoms with Gasteiger partial charge in [-0.25, -0.2) is 4.79 Å². The number of aliphatic carboxylic acids is 1. The van der Waals surface area contributed by atoms with Crippen LogP contribution in [0.15, 0.2) is 42.5 Å². The maximum atomic E-state index is 11.8. The molecule has 1 unspecified atom stereocenters. The van der Waals surface area contributed by atoms with Crippen LogP contribution < -0.4 is 4.74 Å². The second-order valence-corrected chi connectivity index (χ2v) is 6.50. The topological polar surface area (TPSA) is 60.7 Å². The van der Waals surface area contributed by atoms with Gasteiger partial charge < -0.3 is 19.1 Å². The molecule has 1 aromatic heterocycles. The molecule has 0 aliphatic carbocycles. The second-order valence-electron chi connectivity index (χ2n) is 6.06. The monoisotopic (exact) mass is 373 g/mol. The first-order valence-corrected chi connectivity index (χ1v) is 8.50. The average molecular weight is 374 g/mol. The van der Waals surface area contributed by atoms with E-state index in [1.165, 1.54) is 7.11 Å². The van der Waals surface area contributed by atoms with Crippen molar-refractivity contribution in [3.63, 3.8) is 0 Å². The summed E-state index contributed by atoms with van der Waals surface area (Å²) in [7, 11) is 3.01. The zero-order valence-corrected chi connectivity index (χ0v) is 15.6. The van der Waals surface area contributed by atoms with Crippen molar-refractivity contribution in [3.05, 3.63) is 64.3 Å². The minimum Gasteiger partial charge on any atom is -0.497 e. The van der Waals surface area contributed by atoms with Crippen LogP contribution in [0.25, 0.3) is 10.9 Å². The highest BCUT2D eigenvalue weighted by Crippen LogP contribution is 2.34. The van der Waals surface area contributed by atoms with Crippen molar-refractivity contribution >= 4 is 28.5 Å². The fourth-order valence-electron chi connectivity index (χ4n) is 3.26. The third kappa shape index (κ3) is 3.28. The molecule has 0 amide bonds. The Balaban J connectivity index is 2.23. The van der Waals surface area contributed by atoms with Crippen LogP contribution in [0.4, 0.5) is 0 Å². The van der Waals surface area contributed by atoms with Gasteiger partial charge in [0.05, 0.1) is 12.8 Å². The summed E-state index contributed by atoms with van der Waals surface area (Å²) >= 11 is 5.97. The van der Waals surface area contributed by atoms with Crippen molar-refractivity contribution in [2.45, 2.75) is 19.6 Å². The minimum absolute atomic E-state index is 0.510. The van der Waals surface area contributed by atoms with Crippen LogP contribution in [0.2, 0.25) is 5.02 Å². The van der Waals surface area contributed by atoms with E-state index in [1.807, 2.05) is 54.0 Å². The number of hydrogen-bond acceptors (Lipinski definition) is 3. The molecule has 6 heteroatoms. The molecule has 0 spiro atoms. The maximum absolute atomic E-state index is 11.8. The van der Waals surface area contributed by atoms with Crippen LogP contribution in [0.5, 0.6) is 5.75 Å². The molecule has 5 nitrogen and oxygen atoms in total. The molecule has 1 N–H and O–H groups in total.